The molecule has 0 aliphatic carbocycles. The van der Waals surface area contributed by atoms with Crippen molar-refractivity contribution in [3.63, 3.8) is 0 Å². The maximum absolute atomic E-state index is 11.8. The molecule has 0 atom stereocenters. The van der Waals surface area contributed by atoms with Crippen molar-refractivity contribution >= 4 is 11.9 Å². The normalized spacial score (nSPS) is 16.3. The standard InChI is InChI=1S/C15H24N4O2/c1-9(2)13(20)17-12-5-7-19(8-6-12)15-16-11(4)10(3)14(21)18-15/h9,12H,5-8H2,1-4H3,(H,17,20)(H,16,18,21). The predicted molar refractivity (Wildman–Crippen MR) is 82.5 cm³/mol. The highest BCUT2D eigenvalue weighted by molar-refractivity contribution is 5.78. The monoisotopic (exact) mass is 292 g/mol. The number of carbonyl (C=O) groups excluding carboxylic acids is 1. The molecule has 1 aromatic rings. The van der Waals surface area contributed by atoms with E-state index in [9.17, 15) is 9.59 Å². The molecule has 0 spiro atoms. The van der Waals surface area contributed by atoms with Crippen LogP contribution in [0.15, 0.2) is 4.79 Å². The molecule has 1 aliphatic heterocycles. The van der Waals surface area contributed by atoms with Gasteiger partial charge in [-0.05, 0) is 26.7 Å². The number of nitrogens with zero attached hydrogens (tertiary/aromatic N) is 2. The summed E-state index contributed by atoms with van der Waals surface area (Å²) in [5.74, 6) is 0.753. The van der Waals surface area contributed by atoms with Crippen LogP contribution in [-0.2, 0) is 4.79 Å². The first-order chi connectivity index (χ1) is 9.88. The third kappa shape index (κ3) is 3.62. The van der Waals surface area contributed by atoms with Crippen molar-refractivity contribution in [2.24, 2.45) is 5.92 Å². The molecular formula is C15H24N4O2. The molecule has 0 radical (unpaired) electrons. The van der Waals surface area contributed by atoms with Crippen LogP contribution in [0.25, 0.3) is 0 Å². The van der Waals surface area contributed by atoms with Gasteiger partial charge in [-0.1, -0.05) is 13.8 Å². The van der Waals surface area contributed by atoms with E-state index in [1.807, 2.05) is 20.8 Å². The molecule has 21 heavy (non-hydrogen) atoms. The molecule has 2 heterocycles. The van der Waals surface area contributed by atoms with Crippen molar-refractivity contribution in [3.05, 3.63) is 21.6 Å². The number of anilines is 1. The van der Waals surface area contributed by atoms with E-state index in [1.54, 1.807) is 6.92 Å². The molecule has 1 aliphatic rings. The zero-order valence-corrected chi connectivity index (χ0v) is 13.2. The molecule has 116 valence electrons. The lowest BCUT2D eigenvalue weighted by atomic mass is 10.0. The second-order valence-corrected chi connectivity index (χ2v) is 6.02. The Balaban J connectivity index is 1.98. The number of nitrogens with one attached hydrogen (secondary N) is 2. The zero-order chi connectivity index (χ0) is 15.6. The summed E-state index contributed by atoms with van der Waals surface area (Å²) in [5.41, 5.74) is 1.36. The van der Waals surface area contributed by atoms with Gasteiger partial charge in [0, 0.05) is 36.3 Å². The van der Waals surface area contributed by atoms with Crippen LogP contribution in [0.1, 0.15) is 37.9 Å². The van der Waals surface area contributed by atoms with Gasteiger partial charge in [-0.15, -0.1) is 0 Å². The molecule has 0 aromatic carbocycles. The fourth-order valence-corrected chi connectivity index (χ4v) is 2.38. The fraction of sp³-hybridized carbons (Fsp3) is 0.667. The van der Waals surface area contributed by atoms with Crippen LogP contribution < -0.4 is 15.8 Å². The number of piperidine rings is 1. The van der Waals surface area contributed by atoms with Crippen molar-refractivity contribution < 1.29 is 4.79 Å². The van der Waals surface area contributed by atoms with Crippen molar-refractivity contribution in [1.82, 2.24) is 15.3 Å². The van der Waals surface area contributed by atoms with Crippen LogP contribution in [-0.4, -0.2) is 35.0 Å². The highest BCUT2D eigenvalue weighted by Gasteiger charge is 2.23. The molecule has 0 saturated carbocycles. The lowest BCUT2D eigenvalue weighted by Crippen LogP contribution is -2.46. The Hall–Kier alpha value is -1.85. The van der Waals surface area contributed by atoms with Gasteiger partial charge in [0.05, 0.1) is 0 Å². The van der Waals surface area contributed by atoms with Crippen molar-refractivity contribution in [3.8, 4) is 0 Å². The number of H-pyrrole nitrogens is 1. The predicted octanol–water partition coefficient (Wildman–Crippen LogP) is 1.13. The number of aromatic amines is 1. The van der Waals surface area contributed by atoms with Crippen LogP contribution in [0.3, 0.4) is 0 Å². The van der Waals surface area contributed by atoms with E-state index in [2.05, 4.69) is 20.2 Å². The minimum Gasteiger partial charge on any atom is -0.353 e. The lowest BCUT2D eigenvalue weighted by Gasteiger charge is -2.33. The number of aromatic nitrogens is 2. The number of carbonyl (C=O) groups is 1. The first-order valence-electron chi connectivity index (χ1n) is 7.51. The Labute approximate surface area is 125 Å². The van der Waals surface area contributed by atoms with E-state index in [0.717, 1.165) is 31.6 Å². The molecule has 1 aromatic heterocycles. The van der Waals surface area contributed by atoms with E-state index in [1.165, 1.54) is 0 Å². The Morgan fingerprint density at radius 2 is 1.95 bits per heavy atom. The summed E-state index contributed by atoms with van der Waals surface area (Å²) in [7, 11) is 0. The molecule has 0 bridgehead atoms. The Morgan fingerprint density at radius 1 is 1.33 bits per heavy atom. The van der Waals surface area contributed by atoms with Gasteiger partial charge in [0.2, 0.25) is 11.9 Å². The molecule has 1 saturated heterocycles. The van der Waals surface area contributed by atoms with Crippen molar-refractivity contribution in [1.29, 1.82) is 0 Å². The SMILES string of the molecule is Cc1nc(N2CCC(NC(=O)C(C)C)CC2)[nH]c(=O)c1C. The van der Waals surface area contributed by atoms with Gasteiger partial charge < -0.3 is 10.2 Å². The largest absolute Gasteiger partial charge is 0.353 e. The van der Waals surface area contributed by atoms with Crippen LogP contribution in [0.2, 0.25) is 0 Å². The summed E-state index contributed by atoms with van der Waals surface area (Å²) in [6, 6.07) is 0.217. The second-order valence-electron chi connectivity index (χ2n) is 6.02. The van der Waals surface area contributed by atoms with Gasteiger partial charge in [-0.25, -0.2) is 4.98 Å². The Kier molecular flexibility index (Phi) is 4.65. The molecule has 1 amide bonds. The summed E-state index contributed by atoms with van der Waals surface area (Å²) in [6.07, 6.45) is 1.74. The van der Waals surface area contributed by atoms with Crippen molar-refractivity contribution in [2.75, 3.05) is 18.0 Å². The van der Waals surface area contributed by atoms with Crippen LogP contribution >= 0.6 is 0 Å². The topological polar surface area (TPSA) is 78.1 Å². The molecule has 2 rings (SSSR count). The van der Waals surface area contributed by atoms with Gasteiger partial charge in [0.15, 0.2) is 0 Å². The van der Waals surface area contributed by atoms with Gasteiger partial charge in [-0.2, -0.15) is 0 Å². The van der Waals surface area contributed by atoms with Gasteiger partial charge in [0.1, 0.15) is 0 Å². The fourth-order valence-electron chi connectivity index (χ4n) is 2.38. The zero-order valence-electron chi connectivity index (χ0n) is 13.2. The van der Waals surface area contributed by atoms with Crippen LogP contribution in [0.5, 0.6) is 0 Å². The van der Waals surface area contributed by atoms with E-state index in [-0.39, 0.29) is 23.4 Å². The average molecular weight is 292 g/mol. The average Bonchev–Trinajstić information content (AvgIpc) is 2.45. The lowest BCUT2D eigenvalue weighted by molar-refractivity contribution is -0.124. The smallest absolute Gasteiger partial charge is 0.255 e. The van der Waals surface area contributed by atoms with Crippen LogP contribution in [0.4, 0.5) is 5.95 Å². The summed E-state index contributed by atoms with van der Waals surface area (Å²) in [6.45, 7) is 8.99. The minimum absolute atomic E-state index is 0.0146. The molecule has 6 heteroatoms. The molecular weight excluding hydrogens is 268 g/mol. The van der Waals surface area contributed by atoms with Gasteiger partial charge in [-0.3, -0.25) is 14.6 Å². The highest BCUT2D eigenvalue weighted by Crippen LogP contribution is 2.16. The molecule has 1 fully saturated rings. The van der Waals surface area contributed by atoms with E-state index >= 15 is 0 Å². The van der Waals surface area contributed by atoms with E-state index < -0.39 is 0 Å². The number of amides is 1. The molecule has 2 N–H and O–H groups in total. The number of hydrogen-bond acceptors (Lipinski definition) is 4. The van der Waals surface area contributed by atoms with Gasteiger partial charge >= 0.3 is 0 Å². The minimum atomic E-state index is -0.0762. The Morgan fingerprint density at radius 3 is 2.48 bits per heavy atom. The first kappa shape index (κ1) is 15.5. The summed E-state index contributed by atoms with van der Waals surface area (Å²) in [5, 5.41) is 3.06. The number of rotatable bonds is 3. The first-order valence-corrected chi connectivity index (χ1v) is 7.51. The molecule has 6 nitrogen and oxygen atoms in total. The van der Waals surface area contributed by atoms with Crippen LogP contribution in [0, 0.1) is 19.8 Å². The third-order valence-electron chi connectivity index (χ3n) is 4.05. The number of hydrogen-bond donors (Lipinski definition) is 2. The molecule has 0 unspecified atom stereocenters. The third-order valence-corrected chi connectivity index (χ3v) is 4.05. The second kappa shape index (κ2) is 6.28. The van der Waals surface area contributed by atoms with Crippen molar-refractivity contribution in [2.45, 2.75) is 46.6 Å². The highest BCUT2D eigenvalue weighted by atomic mass is 16.2. The van der Waals surface area contributed by atoms with E-state index in [4.69, 9.17) is 0 Å². The summed E-state index contributed by atoms with van der Waals surface area (Å²) >= 11 is 0. The Bertz CT molecular complexity index is 572. The number of aryl methyl sites for hydroxylation is 1. The maximum atomic E-state index is 11.8. The summed E-state index contributed by atoms with van der Waals surface area (Å²) < 4.78 is 0. The quantitative estimate of drug-likeness (QED) is 0.875. The van der Waals surface area contributed by atoms with E-state index in [0.29, 0.717) is 11.5 Å². The maximum Gasteiger partial charge on any atom is 0.255 e. The summed E-state index contributed by atoms with van der Waals surface area (Å²) in [4.78, 5) is 32.9. The van der Waals surface area contributed by atoms with Gasteiger partial charge in [0.25, 0.3) is 5.56 Å².